The van der Waals surface area contributed by atoms with Crippen molar-refractivity contribution in [3.05, 3.63) is 50.9 Å². The van der Waals surface area contributed by atoms with E-state index >= 15 is 0 Å². The molecule has 0 aliphatic rings. The van der Waals surface area contributed by atoms with Crippen LogP contribution in [-0.2, 0) is 0 Å². The van der Waals surface area contributed by atoms with Crippen LogP contribution in [-0.4, -0.2) is 26.1 Å². The van der Waals surface area contributed by atoms with Gasteiger partial charge in [0.15, 0.2) is 0 Å². The number of aromatic nitrogens is 4. The average molecular weight is 247 g/mol. The molecule has 6 nitrogen and oxygen atoms in total. The van der Waals surface area contributed by atoms with Crippen molar-refractivity contribution < 1.29 is 0 Å². The smallest absolute Gasteiger partial charge is 0.265 e. The normalized spacial score (nSPS) is 10.9. The van der Waals surface area contributed by atoms with Gasteiger partial charge in [-0.25, -0.2) is 0 Å². The number of nitrogens with one attached hydrogen (secondary N) is 1. The van der Waals surface area contributed by atoms with Crippen LogP contribution in [0.25, 0.3) is 0 Å². The van der Waals surface area contributed by atoms with Crippen molar-refractivity contribution in [2.24, 2.45) is 5.10 Å². The van der Waals surface area contributed by atoms with Crippen molar-refractivity contribution in [1.29, 1.82) is 0 Å². The molecule has 17 heavy (non-hydrogen) atoms. The van der Waals surface area contributed by atoms with E-state index in [1.54, 1.807) is 25.4 Å². The van der Waals surface area contributed by atoms with Crippen LogP contribution in [0.4, 0.5) is 0 Å². The second-order valence-electron chi connectivity index (χ2n) is 3.26. The van der Waals surface area contributed by atoms with Gasteiger partial charge in [0.05, 0.1) is 6.21 Å². The summed E-state index contributed by atoms with van der Waals surface area (Å²) < 4.78 is 1.24. The zero-order chi connectivity index (χ0) is 12.3. The number of nitrogens with zero attached hydrogens (tertiary/aromatic N) is 4. The Morgan fingerprint density at radius 3 is 3.12 bits per heavy atom. The maximum absolute atomic E-state index is 11.7. The summed E-state index contributed by atoms with van der Waals surface area (Å²) in [7, 11) is 0. The Kier molecular flexibility index (Phi) is 3.20. The van der Waals surface area contributed by atoms with Crippen LogP contribution in [0.3, 0.4) is 0 Å². The quantitative estimate of drug-likeness (QED) is 0.631. The highest BCUT2D eigenvalue weighted by molar-refractivity contribution is 7.71. The lowest BCUT2D eigenvalue weighted by Crippen LogP contribution is -2.22. The molecular weight excluding hydrogens is 238 g/mol. The molecule has 0 radical (unpaired) electrons. The predicted molar refractivity (Wildman–Crippen MR) is 65.6 cm³/mol. The highest BCUT2D eigenvalue weighted by Gasteiger charge is 2.00. The summed E-state index contributed by atoms with van der Waals surface area (Å²) in [5.74, 6) is 0. The molecule has 0 aliphatic carbocycles. The first-order chi connectivity index (χ1) is 8.18. The monoisotopic (exact) mass is 247 g/mol. The van der Waals surface area contributed by atoms with Crippen LogP contribution in [0.15, 0.2) is 34.4 Å². The maximum Gasteiger partial charge on any atom is 0.296 e. The van der Waals surface area contributed by atoms with Crippen LogP contribution in [0.1, 0.15) is 11.3 Å². The molecule has 0 aromatic carbocycles. The van der Waals surface area contributed by atoms with Gasteiger partial charge in [-0.2, -0.15) is 14.9 Å². The van der Waals surface area contributed by atoms with Crippen LogP contribution in [0.2, 0.25) is 0 Å². The van der Waals surface area contributed by atoms with Crippen LogP contribution >= 0.6 is 12.2 Å². The Morgan fingerprint density at radius 2 is 2.41 bits per heavy atom. The molecule has 0 unspecified atom stereocenters. The number of H-pyrrole nitrogens is 1. The van der Waals surface area contributed by atoms with E-state index in [0.717, 1.165) is 10.2 Å². The minimum Gasteiger partial charge on any atom is -0.265 e. The fourth-order valence-corrected chi connectivity index (χ4v) is 1.33. The molecule has 0 saturated heterocycles. The summed E-state index contributed by atoms with van der Waals surface area (Å²) in [5, 5.41) is 10.3. The number of hydrogen-bond acceptors (Lipinski definition) is 5. The number of rotatable bonds is 2. The lowest BCUT2D eigenvalue weighted by atomic mass is 10.3. The van der Waals surface area contributed by atoms with E-state index in [4.69, 9.17) is 12.2 Å². The van der Waals surface area contributed by atoms with Gasteiger partial charge in [0.2, 0.25) is 4.77 Å². The van der Waals surface area contributed by atoms with Crippen molar-refractivity contribution in [2.75, 3.05) is 0 Å². The molecule has 0 bridgehead atoms. The molecule has 1 N–H and O–H groups in total. The first-order valence-electron chi connectivity index (χ1n) is 4.81. The van der Waals surface area contributed by atoms with Gasteiger partial charge in [-0.15, -0.1) is 0 Å². The van der Waals surface area contributed by atoms with Crippen molar-refractivity contribution >= 4 is 18.4 Å². The summed E-state index contributed by atoms with van der Waals surface area (Å²) in [6.07, 6.45) is 4.80. The molecule has 0 aliphatic heterocycles. The first-order valence-corrected chi connectivity index (χ1v) is 5.22. The Balaban J connectivity index is 2.44. The van der Waals surface area contributed by atoms with Crippen LogP contribution in [0, 0.1) is 11.7 Å². The zero-order valence-electron chi connectivity index (χ0n) is 8.99. The molecule has 0 spiro atoms. The van der Waals surface area contributed by atoms with E-state index in [1.165, 1.54) is 6.21 Å². The third kappa shape index (κ3) is 2.51. The zero-order valence-corrected chi connectivity index (χ0v) is 9.81. The van der Waals surface area contributed by atoms with E-state index in [1.807, 2.05) is 6.07 Å². The minimum atomic E-state index is -0.339. The fourth-order valence-electron chi connectivity index (χ4n) is 1.15. The summed E-state index contributed by atoms with van der Waals surface area (Å²) in [5.41, 5.74) is 0.749. The largest absolute Gasteiger partial charge is 0.296 e. The molecule has 2 aromatic rings. The highest BCUT2D eigenvalue weighted by Crippen LogP contribution is 1.91. The summed E-state index contributed by atoms with van der Waals surface area (Å²) in [6, 6.07) is 3.60. The van der Waals surface area contributed by atoms with E-state index < -0.39 is 0 Å². The average Bonchev–Trinajstić information content (AvgIpc) is 2.35. The molecule has 0 amide bonds. The third-order valence-corrected chi connectivity index (χ3v) is 2.28. The SMILES string of the molecule is Cc1n[nH]c(=S)n(/N=C/c2cccnc2)c1=O. The highest BCUT2D eigenvalue weighted by atomic mass is 32.1. The number of aromatic amines is 1. The summed E-state index contributed by atoms with van der Waals surface area (Å²) in [4.78, 5) is 15.6. The summed E-state index contributed by atoms with van der Waals surface area (Å²) in [6.45, 7) is 1.59. The molecule has 0 atom stereocenters. The molecule has 86 valence electrons. The maximum atomic E-state index is 11.7. The van der Waals surface area contributed by atoms with Crippen LogP contribution in [0.5, 0.6) is 0 Å². The number of hydrogen-bond donors (Lipinski definition) is 1. The molecule has 2 rings (SSSR count). The fraction of sp³-hybridized carbons (Fsp3) is 0.100. The van der Waals surface area contributed by atoms with Gasteiger partial charge in [-0.3, -0.25) is 14.9 Å². The predicted octanol–water partition coefficient (Wildman–Crippen LogP) is 0.887. The van der Waals surface area contributed by atoms with E-state index in [9.17, 15) is 4.79 Å². The third-order valence-electron chi connectivity index (χ3n) is 2.02. The Morgan fingerprint density at radius 1 is 1.59 bits per heavy atom. The van der Waals surface area contributed by atoms with Gasteiger partial charge in [0, 0.05) is 18.0 Å². The molecule has 0 saturated carbocycles. The molecule has 2 aromatic heterocycles. The first kappa shape index (κ1) is 11.3. The Hall–Kier alpha value is -2.15. The topological polar surface area (TPSA) is 75.9 Å². The van der Waals surface area contributed by atoms with E-state index in [2.05, 4.69) is 20.3 Å². The standard InChI is InChI=1S/C10H9N5OS/c1-7-9(16)15(10(17)14-13-7)12-6-8-3-2-4-11-5-8/h2-6H,1H3,(H,14,17)/b12-6+. The van der Waals surface area contributed by atoms with Gasteiger partial charge in [0.1, 0.15) is 5.69 Å². The van der Waals surface area contributed by atoms with Gasteiger partial charge in [-0.05, 0) is 25.2 Å². The van der Waals surface area contributed by atoms with Gasteiger partial charge in [-0.1, -0.05) is 6.07 Å². The lowest BCUT2D eigenvalue weighted by Gasteiger charge is -1.98. The van der Waals surface area contributed by atoms with Crippen molar-refractivity contribution in [1.82, 2.24) is 19.9 Å². The Labute approximate surface area is 102 Å². The molecule has 2 heterocycles. The lowest BCUT2D eigenvalue weighted by molar-refractivity contribution is 0.720. The molecule has 0 fully saturated rings. The summed E-state index contributed by atoms with van der Waals surface area (Å²) >= 11 is 4.93. The van der Waals surface area contributed by atoms with Gasteiger partial charge in [0.25, 0.3) is 5.56 Å². The van der Waals surface area contributed by atoms with Gasteiger partial charge >= 0.3 is 0 Å². The minimum absolute atomic E-state index is 0.153. The number of pyridine rings is 1. The number of aryl methyl sites for hydroxylation is 1. The van der Waals surface area contributed by atoms with Crippen molar-refractivity contribution in [3.63, 3.8) is 0 Å². The molecular formula is C10H9N5OS. The van der Waals surface area contributed by atoms with Crippen molar-refractivity contribution in [3.8, 4) is 0 Å². The van der Waals surface area contributed by atoms with Gasteiger partial charge < -0.3 is 0 Å². The second kappa shape index (κ2) is 4.79. The van der Waals surface area contributed by atoms with E-state index in [-0.39, 0.29) is 10.3 Å². The molecule has 7 heteroatoms. The van der Waals surface area contributed by atoms with Crippen LogP contribution < -0.4 is 5.56 Å². The van der Waals surface area contributed by atoms with E-state index in [0.29, 0.717) is 5.69 Å². The van der Waals surface area contributed by atoms with Crippen molar-refractivity contribution in [2.45, 2.75) is 6.92 Å². The Bertz CT molecular complexity index is 658. The second-order valence-corrected chi connectivity index (χ2v) is 3.65.